The molecule has 3 atom stereocenters. The van der Waals surface area contributed by atoms with Gasteiger partial charge in [-0.3, -0.25) is 13.3 Å². The topological polar surface area (TPSA) is 116 Å². The molecule has 0 saturated heterocycles. The highest BCUT2D eigenvalue weighted by atomic mass is 32.2. The predicted octanol–water partition coefficient (Wildman–Crippen LogP) is 3.01. The first-order valence-electron chi connectivity index (χ1n) is 10.1. The van der Waals surface area contributed by atoms with Gasteiger partial charge in [0.25, 0.3) is 0 Å². The number of hydrogen-bond donors (Lipinski definition) is 3. The molecule has 10 heteroatoms. The lowest BCUT2D eigenvalue weighted by atomic mass is 9.97. The highest BCUT2D eigenvalue weighted by Gasteiger charge is 2.20. The Hall–Kier alpha value is -2.03. The van der Waals surface area contributed by atoms with E-state index in [1.165, 1.54) is 6.08 Å². The van der Waals surface area contributed by atoms with Crippen LogP contribution in [0.25, 0.3) is 17.3 Å². The van der Waals surface area contributed by atoms with Crippen LogP contribution in [0.5, 0.6) is 0 Å². The minimum atomic E-state index is -1.14. The van der Waals surface area contributed by atoms with Gasteiger partial charge in [0.05, 0.1) is 37.1 Å². The van der Waals surface area contributed by atoms with Gasteiger partial charge in [-0.05, 0) is 11.2 Å². The molecule has 0 amide bonds. The lowest BCUT2D eigenvalue weighted by Gasteiger charge is -2.20. The van der Waals surface area contributed by atoms with Gasteiger partial charge < -0.3 is 15.3 Å². The molecule has 3 N–H and O–H groups in total. The second-order valence-corrected chi connectivity index (χ2v) is 9.30. The molecular weight excluding hydrogens is 449 g/mol. The van der Waals surface area contributed by atoms with Crippen molar-refractivity contribution in [2.45, 2.75) is 44.8 Å². The average molecular weight is 480 g/mol. The maximum Gasteiger partial charge on any atom is 0.305 e. The minimum absolute atomic E-state index is 0.0619. The molecule has 0 bridgehead atoms. The summed E-state index contributed by atoms with van der Waals surface area (Å²) in [6, 6.07) is 7.86. The molecule has 0 aliphatic heterocycles. The molecule has 8 nitrogen and oxygen atoms in total. The summed E-state index contributed by atoms with van der Waals surface area (Å²) in [6.45, 7) is 4.05. The molecule has 3 unspecified atom stereocenters. The molecule has 0 aliphatic rings. The highest BCUT2D eigenvalue weighted by molar-refractivity contribution is 7.96. The van der Waals surface area contributed by atoms with E-state index in [2.05, 4.69) is 9.24 Å². The number of rotatable bonds is 11. The van der Waals surface area contributed by atoms with Gasteiger partial charge in [0.15, 0.2) is 0 Å². The van der Waals surface area contributed by atoms with Crippen molar-refractivity contribution in [1.82, 2.24) is 9.97 Å². The minimum Gasteiger partial charge on any atom is -0.481 e. The first-order chi connectivity index (χ1) is 15.1. The summed E-state index contributed by atoms with van der Waals surface area (Å²) in [5, 5.41) is 30.0. The molecule has 0 saturated carbocycles. The van der Waals surface area contributed by atoms with Crippen LogP contribution in [0.3, 0.4) is 0 Å². The van der Waals surface area contributed by atoms with Crippen molar-refractivity contribution in [2.24, 2.45) is 0 Å². The Morgan fingerprint density at radius 3 is 2.47 bits per heavy atom. The van der Waals surface area contributed by atoms with Crippen LogP contribution in [-0.4, -0.2) is 57.6 Å². The summed E-state index contributed by atoms with van der Waals surface area (Å²) in [7, 11) is 6.03. The third-order valence-corrected chi connectivity index (χ3v) is 5.49. The van der Waals surface area contributed by atoms with E-state index in [-0.39, 0.29) is 12.3 Å². The van der Waals surface area contributed by atoms with Crippen molar-refractivity contribution in [3.05, 3.63) is 41.6 Å². The number of carboxylic acid groups (broad SMARTS) is 1. The average Bonchev–Trinajstić information content (AvgIpc) is 2.71. The zero-order chi connectivity index (χ0) is 23.8. The van der Waals surface area contributed by atoms with Crippen LogP contribution in [0.15, 0.2) is 30.3 Å². The summed E-state index contributed by atoms with van der Waals surface area (Å²) in [6.07, 6.45) is 0.627. The Labute approximate surface area is 195 Å². The summed E-state index contributed by atoms with van der Waals surface area (Å²) >= 11 is 1.12. The normalized spacial score (nSPS) is 13.5. The Balaban J connectivity index is 2.52. The molecule has 0 spiro atoms. The molecule has 1 aromatic heterocycles. The Bertz CT molecular complexity index is 940. The molecule has 1 aromatic carbocycles. The van der Waals surface area contributed by atoms with Crippen molar-refractivity contribution >= 4 is 44.8 Å². The Morgan fingerprint density at radius 1 is 1.25 bits per heavy atom. The molecule has 0 aliphatic carbocycles. The largest absolute Gasteiger partial charge is 0.481 e. The lowest BCUT2D eigenvalue weighted by molar-refractivity contribution is -0.139. The maximum atomic E-state index is 10.8. The number of carboxylic acids is 1. The summed E-state index contributed by atoms with van der Waals surface area (Å²) in [5.41, 5.74) is 3.13. The fourth-order valence-corrected chi connectivity index (χ4v) is 3.64. The van der Waals surface area contributed by atoms with E-state index >= 15 is 0 Å². The highest BCUT2D eigenvalue weighted by Crippen LogP contribution is 2.32. The van der Waals surface area contributed by atoms with E-state index in [1.807, 2.05) is 45.2 Å². The fourth-order valence-electron chi connectivity index (χ4n) is 3.08. The van der Waals surface area contributed by atoms with E-state index in [0.717, 1.165) is 34.4 Å². The summed E-state index contributed by atoms with van der Waals surface area (Å²) < 4.78 is 6.87. The maximum absolute atomic E-state index is 10.8. The van der Waals surface area contributed by atoms with E-state index < -0.39 is 24.6 Å². The van der Waals surface area contributed by atoms with Gasteiger partial charge in [-0.1, -0.05) is 50.3 Å². The zero-order valence-electron chi connectivity index (χ0n) is 18.6. The van der Waals surface area contributed by atoms with Crippen LogP contribution in [0.1, 0.15) is 43.9 Å². The summed E-state index contributed by atoms with van der Waals surface area (Å²) in [5.74, 6) is -0.565. The molecule has 2 aromatic rings. The third kappa shape index (κ3) is 7.53. The van der Waals surface area contributed by atoms with Crippen molar-refractivity contribution in [1.29, 1.82) is 0 Å². The second kappa shape index (κ2) is 12.3. The smallest absolute Gasteiger partial charge is 0.305 e. The third-order valence-electron chi connectivity index (χ3n) is 4.57. The lowest BCUT2D eigenvalue weighted by Crippen LogP contribution is -2.19. The van der Waals surface area contributed by atoms with E-state index in [0.29, 0.717) is 11.6 Å². The number of aliphatic hydroxyl groups is 2. The molecule has 2 rings (SSSR count). The van der Waals surface area contributed by atoms with E-state index in [4.69, 9.17) is 19.3 Å². The van der Waals surface area contributed by atoms with Crippen LogP contribution in [0.4, 0.5) is 5.95 Å². The molecule has 32 heavy (non-hydrogen) atoms. The quantitative estimate of drug-likeness (QED) is 0.254. The van der Waals surface area contributed by atoms with Crippen LogP contribution in [-0.2, 0) is 8.98 Å². The van der Waals surface area contributed by atoms with Crippen molar-refractivity contribution < 1.29 is 24.3 Å². The summed E-state index contributed by atoms with van der Waals surface area (Å²) in [4.78, 5) is 20.2. The van der Waals surface area contributed by atoms with Gasteiger partial charge in [-0.2, -0.15) is 0 Å². The van der Waals surface area contributed by atoms with Crippen LogP contribution >= 0.6 is 21.5 Å². The van der Waals surface area contributed by atoms with E-state index in [1.54, 1.807) is 17.5 Å². The molecule has 174 valence electrons. The molecule has 0 radical (unpaired) electrons. The van der Waals surface area contributed by atoms with E-state index in [9.17, 15) is 15.0 Å². The number of aliphatic carboxylic acids is 1. The van der Waals surface area contributed by atoms with Crippen molar-refractivity contribution in [3.63, 3.8) is 0 Å². The monoisotopic (exact) mass is 479 g/mol. The fraction of sp³-hybridized carbons (Fsp3) is 0.409. The zero-order valence-corrected chi connectivity index (χ0v) is 20.6. The standard InChI is InChI=1S/C22H30N3O5PS/c1-13(2)20-18(10-7-15(26)11-16(27)12-19(28)29)21(14-5-8-17(31)9-6-14)24-22(23-20)25(3)32-30-4/h5-10,13,15-16,26-27H,11-12,31H2,1-4H3,(H,28,29)/b10-7+. The number of hydrogen-bond acceptors (Lipinski definition) is 8. The first kappa shape index (κ1) is 26.2. The van der Waals surface area contributed by atoms with Crippen LogP contribution in [0, 0.1) is 0 Å². The Kier molecular flexibility index (Phi) is 10.1. The van der Waals surface area contributed by atoms with Crippen LogP contribution < -0.4 is 9.61 Å². The number of benzene rings is 1. The van der Waals surface area contributed by atoms with Gasteiger partial charge >= 0.3 is 5.97 Å². The van der Waals surface area contributed by atoms with Crippen LogP contribution in [0.2, 0.25) is 0 Å². The number of aliphatic hydroxyl groups excluding tert-OH is 2. The van der Waals surface area contributed by atoms with Gasteiger partial charge in [0.1, 0.15) is 12.2 Å². The number of carbonyl (C=O) groups is 1. The van der Waals surface area contributed by atoms with Crippen molar-refractivity contribution in [3.8, 4) is 11.3 Å². The second-order valence-electron chi connectivity index (χ2n) is 7.60. The van der Waals surface area contributed by atoms with Gasteiger partial charge in [0, 0.05) is 24.6 Å². The van der Waals surface area contributed by atoms with Gasteiger partial charge in [-0.15, -0.1) is 9.24 Å². The Morgan fingerprint density at radius 2 is 1.91 bits per heavy atom. The SMILES string of the molecule is COSN(C)c1nc(-c2ccc(P)cc2)c(/C=C/C(O)CC(O)CC(=O)O)c(C(C)C)n1. The van der Waals surface area contributed by atoms with Crippen molar-refractivity contribution in [2.75, 3.05) is 18.5 Å². The molecule has 1 heterocycles. The first-order valence-corrected chi connectivity index (χ1v) is 11.4. The number of nitrogens with zero attached hydrogens (tertiary/aromatic N) is 3. The van der Waals surface area contributed by atoms with Gasteiger partial charge in [-0.25, -0.2) is 9.97 Å². The number of anilines is 1. The molecule has 0 fully saturated rings. The van der Waals surface area contributed by atoms with Gasteiger partial charge in [0.2, 0.25) is 5.95 Å². The predicted molar refractivity (Wildman–Crippen MR) is 132 cm³/mol. The number of aromatic nitrogens is 2. The molecular formula is C22H30N3O5PS.